The SMILES string of the molecule is CCOC(=O)c1cc2n(n1)CC(C)(C(=O)NCCC(C)C)N(c1ccc(Cl)cc1C)C2=O. The van der Waals surface area contributed by atoms with Crippen molar-refractivity contribution in [2.75, 3.05) is 18.1 Å². The number of aromatic nitrogens is 2. The van der Waals surface area contributed by atoms with Crippen LogP contribution in [0.2, 0.25) is 5.02 Å². The molecule has 0 aliphatic carbocycles. The highest BCUT2D eigenvalue weighted by atomic mass is 35.5. The molecule has 0 spiro atoms. The third kappa shape index (κ3) is 4.50. The van der Waals surface area contributed by atoms with E-state index in [0.717, 1.165) is 12.0 Å². The van der Waals surface area contributed by atoms with E-state index in [9.17, 15) is 14.4 Å². The molecule has 1 N–H and O–H groups in total. The first-order chi connectivity index (χ1) is 15.1. The van der Waals surface area contributed by atoms with Crippen molar-refractivity contribution < 1.29 is 19.1 Å². The van der Waals surface area contributed by atoms with Gasteiger partial charge >= 0.3 is 5.97 Å². The number of ether oxygens (including phenoxy) is 1. The Morgan fingerprint density at radius 1 is 1.31 bits per heavy atom. The fourth-order valence-corrected chi connectivity index (χ4v) is 4.03. The Kier molecular flexibility index (Phi) is 6.93. The van der Waals surface area contributed by atoms with Crippen LogP contribution in [0.1, 0.15) is 60.7 Å². The number of halogens is 1. The lowest BCUT2D eigenvalue weighted by Gasteiger charge is -2.43. The van der Waals surface area contributed by atoms with Gasteiger partial charge in [-0.25, -0.2) is 4.79 Å². The summed E-state index contributed by atoms with van der Waals surface area (Å²) in [6.07, 6.45) is 0.815. The largest absolute Gasteiger partial charge is 0.461 e. The van der Waals surface area contributed by atoms with Crippen LogP contribution in [-0.2, 0) is 16.1 Å². The minimum absolute atomic E-state index is 0.0347. The zero-order valence-corrected chi connectivity index (χ0v) is 19.8. The molecule has 9 heteroatoms. The summed E-state index contributed by atoms with van der Waals surface area (Å²) in [4.78, 5) is 40.7. The molecule has 8 nitrogen and oxygen atoms in total. The number of fused-ring (bicyclic) bond motifs is 1. The van der Waals surface area contributed by atoms with Gasteiger partial charge in [0.05, 0.1) is 13.2 Å². The molecule has 0 fully saturated rings. The predicted molar refractivity (Wildman–Crippen MR) is 122 cm³/mol. The number of hydrogen-bond acceptors (Lipinski definition) is 5. The van der Waals surface area contributed by atoms with E-state index in [1.54, 1.807) is 32.0 Å². The Morgan fingerprint density at radius 2 is 2.03 bits per heavy atom. The van der Waals surface area contributed by atoms with Crippen molar-refractivity contribution in [1.82, 2.24) is 15.1 Å². The first kappa shape index (κ1) is 23.8. The Hall–Kier alpha value is -2.87. The monoisotopic (exact) mass is 460 g/mol. The molecule has 1 unspecified atom stereocenters. The molecule has 1 atom stereocenters. The molecule has 1 aromatic carbocycles. The predicted octanol–water partition coefficient (Wildman–Crippen LogP) is 3.60. The average molecular weight is 461 g/mol. The summed E-state index contributed by atoms with van der Waals surface area (Å²) in [5, 5.41) is 7.76. The lowest BCUT2D eigenvalue weighted by molar-refractivity contribution is -0.126. The van der Waals surface area contributed by atoms with Crippen molar-refractivity contribution in [3.05, 3.63) is 46.2 Å². The Labute approximate surface area is 192 Å². The minimum Gasteiger partial charge on any atom is -0.461 e. The Balaban J connectivity index is 2.07. The number of rotatable bonds is 7. The lowest BCUT2D eigenvalue weighted by Crippen LogP contribution is -2.64. The second-order valence-electron chi connectivity index (χ2n) is 8.58. The maximum absolute atomic E-state index is 13.7. The van der Waals surface area contributed by atoms with Gasteiger partial charge in [-0.2, -0.15) is 5.10 Å². The molecule has 1 aromatic heterocycles. The molecule has 2 heterocycles. The number of aryl methyl sites for hydroxylation is 1. The summed E-state index contributed by atoms with van der Waals surface area (Å²) >= 11 is 6.12. The van der Waals surface area contributed by atoms with Gasteiger partial charge in [-0.1, -0.05) is 25.4 Å². The summed E-state index contributed by atoms with van der Waals surface area (Å²) in [5.41, 5.74) is 0.316. The number of nitrogens with one attached hydrogen (secondary N) is 1. The van der Waals surface area contributed by atoms with Gasteiger partial charge in [0.2, 0.25) is 5.91 Å². The van der Waals surface area contributed by atoms with Crippen LogP contribution >= 0.6 is 11.6 Å². The number of hydrogen-bond donors (Lipinski definition) is 1. The topological polar surface area (TPSA) is 93.5 Å². The van der Waals surface area contributed by atoms with E-state index < -0.39 is 17.4 Å². The second kappa shape index (κ2) is 9.32. The van der Waals surface area contributed by atoms with E-state index >= 15 is 0 Å². The van der Waals surface area contributed by atoms with E-state index in [0.29, 0.717) is 23.2 Å². The van der Waals surface area contributed by atoms with Gasteiger partial charge in [-0.15, -0.1) is 0 Å². The molecule has 0 saturated carbocycles. The van der Waals surface area contributed by atoms with Crippen molar-refractivity contribution in [2.45, 2.75) is 53.1 Å². The number of carbonyl (C=O) groups excluding carboxylic acids is 3. The molecule has 1 aliphatic heterocycles. The fourth-order valence-electron chi connectivity index (χ4n) is 3.80. The van der Waals surface area contributed by atoms with E-state index in [-0.39, 0.29) is 30.4 Å². The van der Waals surface area contributed by atoms with E-state index in [2.05, 4.69) is 24.3 Å². The van der Waals surface area contributed by atoms with Gasteiger partial charge in [0.1, 0.15) is 11.2 Å². The molecular weight excluding hydrogens is 432 g/mol. The van der Waals surface area contributed by atoms with Gasteiger partial charge in [-0.3, -0.25) is 19.2 Å². The fraction of sp³-hybridized carbons (Fsp3) is 0.478. The summed E-state index contributed by atoms with van der Waals surface area (Å²) < 4.78 is 6.44. The van der Waals surface area contributed by atoms with Crippen LogP contribution in [0.5, 0.6) is 0 Å². The van der Waals surface area contributed by atoms with Gasteiger partial charge in [0.25, 0.3) is 5.91 Å². The van der Waals surface area contributed by atoms with Crippen molar-refractivity contribution in [2.24, 2.45) is 5.92 Å². The maximum Gasteiger partial charge on any atom is 0.358 e. The zero-order valence-electron chi connectivity index (χ0n) is 19.1. The highest BCUT2D eigenvalue weighted by Crippen LogP contribution is 2.35. The molecule has 32 heavy (non-hydrogen) atoms. The minimum atomic E-state index is -1.27. The van der Waals surface area contributed by atoms with Crippen molar-refractivity contribution in [1.29, 1.82) is 0 Å². The molecule has 2 aromatic rings. The van der Waals surface area contributed by atoms with Crippen LogP contribution in [0.4, 0.5) is 5.69 Å². The van der Waals surface area contributed by atoms with Crippen molar-refractivity contribution >= 4 is 35.1 Å². The Morgan fingerprint density at radius 3 is 2.66 bits per heavy atom. The highest BCUT2D eigenvalue weighted by molar-refractivity contribution is 6.30. The van der Waals surface area contributed by atoms with Crippen LogP contribution in [-0.4, -0.2) is 46.3 Å². The standard InChI is InChI=1S/C23H29ClN4O4/c1-6-32-21(30)17-12-19-20(29)28(18-8-7-16(24)11-15(18)4)23(5,13-27(19)26-17)22(31)25-10-9-14(2)3/h7-8,11-12,14H,6,9-10,13H2,1-5H3,(H,25,31). The van der Waals surface area contributed by atoms with Crippen LogP contribution in [0.15, 0.2) is 24.3 Å². The smallest absolute Gasteiger partial charge is 0.358 e. The number of carbonyl (C=O) groups is 3. The number of esters is 1. The molecule has 3 rings (SSSR count). The summed E-state index contributed by atoms with van der Waals surface area (Å²) in [5.74, 6) is -0.902. The second-order valence-corrected chi connectivity index (χ2v) is 9.01. The molecular formula is C23H29ClN4O4. The van der Waals surface area contributed by atoms with E-state index in [1.165, 1.54) is 15.6 Å². The van der Waals surface area contributed by atoms with Gasteiger partial charge in [0, 0.05) is 23.3 Å². The third-order valence-corrected chi connectivity index (χ3v) is 5.77. The molecule has 1 aliphatic rings. The van der Waals surface area contributed by atoms with Crippen LogP contribution in [0.3, 0.4) is 0 Å². The Bertz CT molecular complexity index is 1050. The average Bonchev–Trinajstić information content (AvgIpc) is 3.13. The number of benzene rings is 1. The highest BCUT2D eigenvalue weighted by Gasteiger charge is 2.49. The van der Waals surface area contributed by atoms with Crippen molar-refractivity contribution in [3.8, 4) is 0 Å². The van der Waals surface area contributed by atoms with Crippen LogP contribution < -0.4 is 10.2 Å². The molecule has 0 bridgehead atoms. The first-order valence-electron chi connectivity index (χ1n) is 10.7. The van der Waals surface area contributed by atoms with Gasteiger partial charge in [-0.05, 0) is 56.9 Å². The summed E-state index contributed by atoms with van der Waals surface area (Å²) in [6, 6.07) is 6.57. The van der Waals surface area contributed by atoms with E-state index in [1.807, 2.05) is 6.92 Å². The lowest BCUT2D eigenvalue weighted by atomic mass is 9.93. The normalized spacial score (nSPS) is 18.0. The van der Waals surface area contributed by atoms with Crippen LogP contribution in [0, 0.1) is 12.8 Å². The van der Waals surface area contributed by atoms with Gasteiger partial charge in [0.15, 0.2) is 5.69 Å². The number of anilines is 1. The molecule has 0 radical (unpaired) electrons. The summed E-state index contributed by atoms with van der Waals surface area (Å²) in [7, 11) is 0. The first-order valence-corrected chi connectivity index (χ1v) is 11.1. The van der Waals surface area contributed by atoms with Crippen molar-refractivity contribution in [3.63, 3.8) is 0 Å². The quantitative estimate of drug-likeness (QED) is 0.637. The third-order valence-electron chi connectivity index (χ3n) is 5.53. The summed E-state index contributed by atoms with van der Waals surface area (Å²) in [6.45, 7) is 10.2. The van der Waals surface area contributed by atoms with E-state index in [4.69, 9.17) is 16.3 Å². The number of nitrogens with zero attached hydrogens (tertiary/aromatic N) is 3. The zero-order chi connectivity index (χ0) is 23.6. The molecule has 2 amide bonds. The maximum atomic E-state index is 13.7. The van der Waals surface area contributed by atoms with Crippen LogP contribution in [0.25, 0.3) is 0 Å². The molecule has 172 valence electrons. The van der Waals surface area contributed by atoms with Gasteiger partial charge < -0.3 is 10.1 Å². The molecule has 0 saturated heterocycles. The number of amides is 2.